The van der Waals surface area contributed by atoms with Crippen LogP contribution in [0.25, 0.3) is 11.1 Å². The lowest BCUT2D eigenvalue weighted by Crippen LogP contribution is -2.37. The lowest BCUT2D eigenvalue weighted by Gasteiger charge is -2.29. The minimum atomic E-state index is -1.10. The highest BCUT2D eigenvalue weighted by molar-refractivity contribution is 6.01. The molecule has 5 rings (SSSR count). The summed E-state index contributed by atoms with van der Waals surface area (Å²) in [4.78, 5) is 55.6. The van der Waals surface area contributed by atoms with Crippen molar-refractivity contribution in [2.75, 3.05) is 32.7 Å². The maximum absolute atomic E-state index is 13.9. The summed E-state index contributed by atoms with van der Waals surface area (Å²) in [6, 6.07) is 17.6. The van der Waals surface area contributed by atoms with E-state index in [1.54, 1.807) is 12.1 Å². The molecule has 3 aromatic rings. The van der Waals surface area contributed by atoms with E-state index >= 15 is 0 Å². The van der Waals surface area contributed by atoms with Gasteiger partial charge in [0.25, 0.3) is 0 Å². The SMILES string of the molecule is COc1cc(C(=O)O)cc(OC)c1-c1ccc(C[C@H](CC(=O)C2CCC(CNC(=O)OC(C)(C)C)CC2)C(=O)Nc2ccc(C3=NCN=N3)cc2)cc1. The molecule has 0 spiro atoms. The van der Waals surface area contributed by atoms with E-state index in [1.807, 2.05) is 57.2 Å². The molecule has 1 fully saturated rings. The number of alkyl carbamates (subject to hydrolysis) is 1. The number of Topliss-reactive ketones (excluding diaryl/α,β-unsaturated/α-hetero) is 1. The molecule has 1 aliphatic heterocycles. The van der Waals surface area contributed by atoms with Gasteiger partial charge in [0.2, 0.25) is 5.91 Å². The number of hydrogen-bond donors (Lipinski definition) is 3. The molecule has 0 aromatic heterocycles. The number of methoxy groups -OCH3 is 2. The quantitative estimate of drug-likeness (QED) is 0.155. The number of rotatable bonds is 14. The van der Waals surface area contributed by atoms with Crippen LogP contribution >= 0.6 is 0 Å². The van der Waals surface area contributed by atoms with Crippen LogP contribution in [0.2, 0.25) is 0 Å². The van der Waals surface area contributed by atoms with Crippen molar-refractivity contribution in [2.24, 2.45) is 33.0 Å². The second kappa shape index (κ2) is 17.3. The van der Waals surface area contributed by atoms with Crippen molar-refractivity contribution in [3.63, 3.8) is 0 Å². The molecule has 2 amide bonds. The lowest BCUT2D eigenvalue weighted by atomic mass is 9.77. The number of amides is 2. The molecule has 0 radical (unpaired) electrons. The molecule has 1 aliphatic carbocycles. The molecule has 2 aliphatic rings. The first kappa shape index (κ1) is 38.6. The molecule has 3 aromatic carbocycles. The van der Waals surface area contributed by atoms with Crippen molar-refractivity contribution >= 4 is 35.3 Å². The summed E-state index contributed by atoms with van der Waals surface area (Å²) < 4.78 is 16.4. The van der Waals surface area contributed by atoms with Gasteiger partial charge < -0.3 is 30.0 Å². The van der Waals surface area contributed by atoms with Gasteiger partial charge in [0.05, 0.1) is 25.3 Å². The zero-order chi connectivity index (χ0) is 38.1. The van der Waals surface area contributed by atoms with E-state index in [4.69, 9.17) is 14.2 Å². The van der Waals surface area contributed by atoms with E-state index in [0.29, 0.717) is 61.1 Å². The number of carboxylic acid groups (broad SMARTS) is 1. The number of carbonyl (C=O) groups excluding carboxylic acids is 3. The zero-order valence-corrected chi connectivity index (χ0v) is 30.8. The smallest absolute Gasteiger partial charge is 0.407 e. The Bertz CT molecular complexity index is 1830. The molecule has 13 nitrogen and oxygen atoms in total. The first-order chi connectivity index (χ1) is 25.3. The number of amidine groups is 1. The van der Waals surface area contributed by atoms with Gasteiger partial charge in [-0.2, -0.15) is 5.11 Å². The van der Waals surface area contributed by atoms with Gasteiger partial charge in [-0.1, -0.05) is 24.3 Å². The molecule has 0 bridgehead atoms. The number of azo groups is 1. The van der Waals surface area contributed by atoms with E-state index in [-0.39, 0.29) is 35.5 Å². The summed E-state index contributed by atoms with van der Waals surface area (Å²) in [6.07, 6.45) is 2.91. The molecule has 53 heavy (non-hydrogen) atoms. The third-order valence-corrected chi connectivity index (χ3v) is 9.39. The van der Waals surface area contributed by atoms with Gasteiger partial charge in [0, 0.05) is 36.1 Å². The van der Waals surface area contributed by atoms with Crippen LogP contribution in [-0.2, 0) is 20.7 Å². The molecule has 1 heterocycles. The Morgan fingerprint density at radius 2 is 1.51 bits per heavy atom. The molecule has 280 valence electrons. The van der Waals surface area contributed by atoms with Crippen LogP contribution in [0.15, 0.2) is 75.9 Å². The van der Waals surface area contributed by atoms with Crippen molar-refractivity contribution in [1.29, 1.82) is 0 Å². The van der Waals surface area contributed by atoms with E-state index in [0.717, 1.165) is 29.5 Å². The highest BCUT2D eigenvalue weighted by atomic mass is 16.6. The van der Waals surface area contributed by atoms with E-state index < -0.39 is 23.6 Å². The number of anilines is 1. The maximum Gasteiger partial charge on any atom is 0.407 e. The Kier molecular flexibility index (Phi) is 12.6. The van der Waals surface area contributed by atoms with Gasteiger partial charge in [-0.3, -0.25) is 9.59 Å². The number of aromatic carboxylic acids is 1. The third kappa shape index (κ3) is 10.5. The molecular formula is C40H47N5O8. The standard InChI is InChI=1S/C40H47N5O8/c1-40(2,3)53-39(50)41-22-25-8-10-26(11-9-25)32(46)19-29(37(47)44-31-16-14-28(15-17-31)36-42-23-43-45-36)18-24-6-12-27(13-7-24)35-33(51-4)20-30(38(48)49)21-34(35)52-5/h6-7,12-17,20-21,25-26,29H,8-11,18-19,22-23H2,1-5H3,(H,41,50)(H,44,47)(H,48,49)/t25?,26?,29-/m1/s1. The van der Waals surface area contributed by atoms with Crippen molar-refractivity contribution in [2.45, 2.75) is 64.9 Å². The summed E-state index contributed by atoms with van der Waals surface area (Å²) >= 11 is 0. The van der Waals surface area contributed by atoms with E-state index in [1.165, 1.54) is 26.4 Å². The minimum Gasteiger partial charge on any atom is -0.496 e. The monoisotopic (exact) mass is 725 g/mol. The number of benzene rings is 3. The number of ketones is 1. The van der Waals surface area contributed by atoms with Crippen LogP contribution in [0.5, 0.6) is 11.5 Å². The highest BCUT2D eigenvalue weighted by Crippen LogP contribution is 2.40. The maximum atomic E-state index is 13.9. The van der Waals surface area contributed by atoms with Gasteiger partial charge in [-0.05, 0) is 106 Å². The first-order valence-corrected chi connectivity index (χ1v) is 17.7. The second-order valence-electron chi connectivity index (χ2n) is 14.4. The van der Waals surface area contributed by atoms with Crippen LogP contribution in [0.4, 0.5) is 10.5 Å². The zero-order valence-electron chi connectivity index (χ0n) is 30.8. The molecule has 0 saturated heterocycles. The number of ether oxygens (including phenoxy) is 3. The van der Waals surface area contributed by atoms with Crippen molar-refractivity contribution in [3.05, 3.63) is 77.4 Å². The van der Waals surface area contributed by atoms with Crippen LogP contribution in [-0.4, -0.2) is 67.7 Å². The predicted octanol–water partition coefficient (Wildman–Crippen LogP) is 7.33. The van der Waals surface area contributed by atoms with E-state index in [2.05, 4.69) is 25.9 Å². The topological polar surface area (TPSA) is 177 Å². The molecular weight excluding hydrogens is 678 g/mol. The minimum absolute atomic E-state index is 0.0380. The molecule has 0 unspecified atom stereocenters. The number of carbonyl (C=O) groups is 4. The predicted molar refractivity (Wildman–Crippen MR) is 200 cm³/mol. The Morgan fingerprint density at radius 1 is 0.887 bits per heavy atom. The molecule has 1 saturated carbocycles. The second-order valence-corrected chi connectivity index (χ2v) is 14.4. The Morgan fingerprint density at radius 3 is 2.06 bits per heavy atom. The number of carboxylic acids is 1. The van der Waals surface area contributed by atoms with Gasteiger partial charge in [-0.15, -0.1) is 5.11 Å². The van der Waals surface area contributed by atoms with Crippen molar-refractivity contribution in [1.82, 2.24) is 5.32 Å². The molecule has 13 heteroatoms. The van der Waals surface area contributed by atoms with Crippen LogP contribution in [0.1, 0.15) is 74.4 Å². The van der Waals surface area contributed by atoms with E-state index in [9.17, 15) is 24.3 Å². The average Bonchev–Trinajstić information content (AvgIpc) is 3.68. The summed E-state index contributed by atoms with van der Waals surface area (Å²) in [5, 5.41) is 23.3. The fraction of sp³-hybridized carbons (Fsp3) is 0.425. The van der Waals surface area contributed by atoms with Gasteiger partial charge in [0.15, 0.2) is 12.5 Å². The van der Waals surface area contributed by atoms with Gasteiger partial charge >= 0.3 is 12.1 Å². The fourth-order valence-electron chi connectivity index (χ4n) is 6.63. The lowest BCUT2D eigenvalue weighted by molar-refractivity contribution is -0.129. The summed E-state index contributed by atoms with van der Waals surface area (Å²) in [7, 11) is 2.93. The Hall–Kier alpha value is -5.59. The largest absolute Gasteiger partial charge is 0.496 e. The van der Waals surface area contributed by atoms with Gasteiger partial charge in [-0.25, -0.2) is 14.6 Å². The van der Waals surface area contributed by atoms with Crippen molar-refractivity contribution < 1.29 is 38.5 Å². The summed E-state index contributed by atoms with van der Waals surface area (Å²) in [5.74, 6) is -0.644. The van der Waals surface area contributed by atoms with Crippen LogP contribution < -0.4 is 20.1 Å². The average molecular weight is 726 g/mol. The molecule has 1 atom stereocenters. The highest BCUT2D eigenvalue weighted by Gasteiger charge is 2.31. The van der Waals surface area contributed by atoms with Crippen molar-refractivity contribution in [3.8, 4) is 22.6 Å². The Labute approximate surface area is 309 Å². The third-order valence-electron chi connectivity index (χ3n) is 9.39. The number of nitrogens with one attached hydrogen (secondary N) is 2. The fourth-order valence-corrected chi connectivity index (χ4v) is 6.63. The summed E-state index contributed by atoms with van der Waals surface area (Å²) in [5.41, 5.74) is 3.02. The first-order valence-electron chi connectivity index (χ1n) is 17.7. The van der Waals surface area contributed by atoms with Gasteiger partial charge in [0.1, 0.15) is 22.9 Å². The Balaban J connectivity index is 1.29. The summed E-state index contributed by atoms with van der Waals surface area (Å²) in [6.45, 7) is 6.25. The normalized spacial score (nSPS) is 17.3. The molecule has 3 N–H and O–H groups in total. The number of hydrogen-bond acceptors (Lipinski definition) is 10. The van der Waals surface area contributed by atoms with Crippen LogP contribution in [0.3, 0.4) is 0 Å². The van der Waals surface area contributed by atoms with Crippen LogP contribution in [0, 0.1) is 17.8 Å². The number of nitrogens with zero attached hydrogens (tertiary/aromatic N) is 3. The number of aliphatic imine (C=N–C) groups is 1.